The van der Waals surface area contributed by atoms with Crippen LogP contribution in [0.3, 0.4) is 0 Å². The number of para-hydroxylation sites is 1. The van der Waals surface area contributed by atoms with Crippen LogP contribution in [0.4, 0.5) is 13.2 Å². The molecule has 2 rings (SSSR count). The number of carbonyl (C=O) groups excluding carboxylic acids is 2. The van der Waals surface area contributed by atoms with Crippen LogP contribution in [0.15, 0.2) is 30.5 Å². The minimum atomic E-state index is -5.11. The molecule has 0 aliphatic carbocycles. The van der Waals surface area contributed by atoms with Crippen LogP contribution in [0.2, 0.25) is 0 Å². The molecule has 1 atom stereocenters. The summed E-state index contributed by atoms with van der Waals surface area (Å²) in [5.41, 5.74) is 1.41. The number of H-pyrrole nitrogens is 1. The molecule has 0 aliphatic heterocycles. The summed E-state index contributed by atoms with van der Waals surface area (Å²) in [5.74, 6) is -4.66. The van der Waals surface area contributed by atoms with Gasteiger partial charge in [0.05, 0.1) is 6.54 Å². The molecule has 2 aromatic rings. The van der Waals surface area contributed by atoms with Crippen LogP contribution < -0.4 is 10.6 Å². The van der Waals surface area contributed by atoms with E-state index in [1.807, 2.05) is 0 Å². The van der Waals surface area contributed by atoms with Crippen LogP contribution in [0, 0.1) is 0 Å². The Morgan fingerprint density at radius 3 is 2.52 bits per heavy atom. The highest BCUT2D eigenvalue weighted by atomic mass is 19.4. The van der Waals surface area contributed by atoms with Crippen molar-refractivity contribution in [3.63, 3.8) is 0 Å². The minimum absolute atomic E-state index is 0.0711. The first-order valence-corrected chi connectivity index (χ1v) is 7.10. The Labute approximate surface area is 139 Å². The zero-order valence-electron chi connectivity index (χ0n) is 12.7. The van der Waals surface area contributed by atoms with E-state index in [2.05, 4.69) is 10.3 Å². The number of amides is 2. The topological polar surface area (TPSA) is 111 Å². The van der Waals surface area contributed by atoms with Crippen LogP contribution >= 0.6 is 0 Å². The van der Waals surface area contributed by atoms with Crippen molar-refractivity contribution in [1.82, 2.24) is 15.6 Å². The van der Waals surface area contributed by atoms with Gasteiger partial charge in [0.25, 0.3) is 0 Å². The van der Waals surface area contributed by atoms with Crippen LogP contribution in [-0.4, -0.2) is 46.6 Å². The Morgan fingerprint density at radius 2 is 1.88 bits per heavy atom. The average molecular weight is 357 g/mol. The van der Waals surface area contributed by atoms with Gasteiger partial charge in [0.15, 0.2) is 0 Å². The van der Waals surface area contributed by atoms with Crippen molar-refractivity contribution in [1.29, 1.82) is 0 Å². The molecule has 4 N–H and O–H groups in total. The van der Waals surface area contributed by atoms with Gasteiger partial charge in [-0.1, -0.05) is 18.2 Å². The van der Waals surface area contributed by atoms with E-state index >= 15 is 0 Å². The van der Waals surface area contributed by atoms with E-state index in [0.29, 0.717) is 5.56 Å². The molecule has 2 amide bonds. The molecule has 7 nitrogen and oxygen atoms in total. The molecule has 0 bridgehead atoms. The van der Waals surface area contributed by atoms with E-state index in [-0.39, 0.29) is 6.42 Å². The number of hydrogen-bond acceptors (Lipinski definition) is 3. The second-order valence-corrected chi connectivity index (χ2v) is 5.20. The summed E-state index contributed by atoms with van der Waals surface area (Å²) >= 11 is 0. The maximum atomic E-state index is 12.0. The lowest BCUT2D eigenvalue weighted by Gasteiger charge is -2.15. The van der Waals surface area contributed by atoms with E-state index in [0.717, 1.165) is 10.9 Å². The number of aromatic amines is 1. The predicted octanol–water partition coefficient (Wildman–Crippen LogP) is 0.958. The first kappa shape index (κ1) is 18.3. The van der Waals surface area contributed by atoms with Gasteiger partial charge in [-0.05, 0) is 11.6 Å². The molecule has 0 unspecified atom stereocenters. The van der Waals surface area contributed by atoms with Crippen molar-refractivity contribution in [2.45, 2.75) is 18.6 Å². The number of rotatable bonds is 6. The molecule has 25 heavy (non-hydrogen) atoms. The summed E-state index contributed by atoms with van der Waals surface area (Å²) in [6.07, 6.45) is -3.59. The third-order valence-corrected chi connectivity index (χ3v) is 3.40. The van der Waals surface area contributed by atoms with Gasteiger partial charge in [0.1, 0.15) is 6.04 Å². The number of nitrogens with one attached hydrogen (secondary N) is 3. The number of benzene rings is 1. The molecule has 1 aromatic carbocycles. The monoisotopic (exact) mass is 357 g/mol. The Bertz CT molecular complexity index is 801. The normalized spacial score (nSPS) is 12.6. The summed E-state index contributed by atoms with van der Waals surface area (Å²) in [6, 6.07) is 5.77. The predicted molar refractivity (Wildman–Crippen MR) is 80.6 cm³/mol. The zero-order valence-corrected chi connectivity index (χ0v) is 12.7. The lowest BCUT2D eigenvalue weighted by Crippen LogP contribution is -2.48. The molecular formula is C15H14F3N3O4. The quantitative estimate of drug-likeness (QED) is 0.617. The number of aliphatic carboxylic acids is 1. The zero-order chi connectivity index (χ0) is 18.6. The van der Waals surface area contributed by atoms with E-state index < -0.39 is 36.5 Å². The minimum Gasteiger partial charge on any atom is -0.480 e. The fourth-order valence-electron chi connectivity index (χ4n) is 2.23. The van der Waals surface area contributed by atoms with E-state index in [1.54, 1.807) is 30.5 Å². The number of carboxylic acids is 1. The Balaban J connectivity index is 2.00. The highest BCUT2D eigenvalue weighted by Crippen LogP contribution is 2.19. The second kappa shape index (κ2) is 7.24. The largest absolute Gasteiger partial charge is 0.480 e. The first-order chi connectivity index (χ1) is 11.7. The van der Waals surface area contributed by atoms with Gasteiger partial charge in [-0.3, -0.25) is 9.59 Å². The Kier molecular flexibility index (Phi) is 5.30. The molecule has 0 spiro atoms. The number of halogens is 3. The highest BCUT2D eigenvalue weighted by Gasteiger charge is 2.38. The molecular weight excluding hydrogens is 343 g/mol. The summed E-state index contributed by atoms with van der Waals surface area (Å²) in [7, 11) is 0. The lowest BCUT2D eigenvalue weighted by molar-refractivity contribution is -0.173. The molecule has 0 radical (unpaired) electrons. The second-order valence-electron chi connectivity index (χ2n) is 5.20. The molecule has 1 aromatic heterocycles. The number of aromatic nitrogens is 1. The van der Waals surface area contributed by atoms with E-state index in [1.165, 1.54) is 5.32 Å². The van der Waals surface area contributed by atoms with Crippen molar-refractivity contribution in [2.24, 2.45) is 0 Å². The van der Waals surface area contributed by atoms with Gasteiger partial charge in [-0.15, -0.1) is 0 Å². The molecule has 134 valence electrons. The third kappa shape index (κ3) is 4.72. The van der Waals surface area contributed by atoms with Crippen molar-refractivity contribution < 1.29 is 32.7 Å². The van der Waals surface area contributed by atoms with Gasteiger partial charge < -0.3 is 20.7 Å². The smallest absolute Gasteiger partial charge is 0.471 e. The number of alkyl halides is 3. The molecule has 1 heterocycles. The fourth-order valence-corrected chi connectivity index (χ4v) is 2.23. The summed E-state index contributed by atoms with van der Waals surface area (Å²) in [5, 5.41) is 13.5. The third-order valence-electron chi connectivity index (χ3n) is 3.40. The first-order valence-electron chi connectivity index (χ1n) is 7.10. The van der Waals surface area contributed by atoms with Gasteiger partial charge in [0, 0.05) is 23.5 Å². The van der Waals surface area contributed by atoms with Crippen LogP contribution in [0.5, 0.6) is 0 Å². The Hall–Kier alpha value is -3.04. The van der Waals surface area contributed by atoms with Crippen LogP contribution in [-0.2, 0) is 20.8 Å². The number of hydrogen-bond donors (Lipinski definition) is 4. The van der Waals surface area contributed by atoms with E-state index in [4.69, 9.17) is 0 Å². The van der Waals surface area contributed by atoms with E-state index in [9.17, 15) is 32.7 Å². The Morgan fingerprint density at radius 1 is 1.20 bits per heavy atom. The number of carbonyl (C=O) groups is 3. The van der Waals surface area contributed by atoms with Gasteiger partial charge >= 0.3 is 18.1 Å². The van der Waals surface area contributed by atoms with Crippen molar-refractivity contribution in [2.75, 3.05) is 6.54 Å². The van der Waals surface area contributed by atoms with Gasteiger partial charge in [-0.2, -0.15) is 13.2 Å². The number of carboxylic acid groups (broad SMARTS) is 1. The molecule has 0 saturated carbocycles. The molecule has 0 saturated heterocycles. The van der Waals surface area contributed by atoms with Crippen LogP contribution in [0.1, 0.15) is 5.56 Å². The summed E-state index contributed by atoms with van der Waals surface area (Å²) in [6.45, 7) is -0.976. The van der Waals surface area contributed by atoms with Crippen molar-refractivity contribution >= 4 is 28.7 Å². The van der Waals surface area contributed by atoms with Crippen molar-refractivity contribution in [3.05, 3.63) is 36.0 Å². The maximum absolute atomic E-state index is 12.0. The fraction of sp³-hybridized carbons (Fsp3) is 0.267. The average Bonchev–Trinajstić information content (AvgIpc) is 2.94. The summed E-state index contributed by atoms with van der Waals surface area (Å²) in [4.78, 5) is 36.5. The number of fused-ring (bicyclic) bond motifs is 1. The maximum Gasteiger partial charge on any atom is 0.471 e. The summed E-state index contributed by atoms with van der Waals surface area (Å²) < 4.78 is 36.1. The molecule has 0 aliphatic rings. The SMILES string of the molecule is O=C(CNC(=O)C(F)(F)F)N[C@@H](Cc1c[nH]c2ccccc12)C(=O)O. The van der Waals surface area contributed by atoms with Gasteiger partial charge in [-0.25, -0.2) is 4.79 Å². The van der Waals surface area contributed by atoms with Crippen molar-refractivity contribution in [3.8, 4) is 0 Å². The molecule has 0 fully saturated rings. The lowest BCUT2D eigenvalue weighted by atomic mass is 10.1. The molecule has 10 heteroatoms. The highest BCUT2D eigenvalue weighted by molar-refractivity contribution is 5.90. The van der Waals surface area contributed by atoms with Crippen LogP contribution in [0.25, 0.3) is 10.9 Å². The standard InChI is InChI=1S/C15H14F3N3O4/c16-15(17,18)14(25)20-7-12(22)21-11(13(23)24)5-8-6-19-10-4-2-1-3-9(8)10/h1-4,6,11,19H,5,7H2,(H,20,25)(H,21,22)(H,23,24)/t11-/m0/s1. The van der Waals surface area contributed by atoms with Gasteiger partial charge in [0.2, 0.25) is 5.91 Å².